The minimum Gasteiger partial charge on any atom is -0.463 e. The van der Waals surface area contributed by atoms with Gasteiger partial charge in [0.25, 0.3) is 0 Å². The van der Waals surface area contributed by atoms with Gasteiger partial charge in [-0.25, -0.2) is 0 Å². The first-order chi connectivity index (χ1) is 7.20. The lowest BCUT2D eigenvalue weighted by Gasteiger charge is -2.04. The molecule has 0 bridgehead atoms. The fraction of sp³-hybridized carbons (Fsp3) is 0.867. The topological polar surface area (TPSA) is 71.1 Å². The average molecular weight is 316 g/mol. The molecule has 0 aromatic rings. The zero-order valence-corrected chi connectivity index (χ0v) is 8.99. The van der Waals surface area contributed by atoms with Crippen LogP contribution >= 0.6 is 0 Å². The van der Waals surface area contributed by atoms with Crippen molar-refractivity contribution in [2.45, 2.75) is 51.0 Å². The van der Waals surface area contributed by atoms with Crippen molar-refractivity contribution in [2.75, 3.05) is 40.6 Å². The first kappa shape index (κ1) is 42.7. The highest BCUT2D eigenvalue weighted by atomic mass is 16.6. The lowest BCUT2D eigenvalue weighted by atomic mass is 10.4. The molecule has 0 unspecified atom stereocenters. The fourth-order valence-corrected chi connectivity index (χ4v) is 0.698. The van der Waals surface area contributed by atoms with Crippen LogP contribution in [0.2, 0.25) is 0 Å². The number of rotatable bonds is 8. The van der Waals surface area contributed by atoms with Crippen LogP contribution < -0.4 is 0 Å². The Morgan fingerprint density at radius 1 is 0.619 bits per heavy atom. The van der Waals surface area contributed by atoms with Crippen LogP contribution in [-0.4, -0.2) is 52.6 Å². The molecule has 0 aromatic heterocycles. The Labute approximate surface area is 133 Å². The standard InChI is InChI=1S/C9H16O6.6CH4/c1-12-3-5-14-8(10)7-9(11)15-6-4-13-2;;;;;;/h3-7H2,1-2H3;6*1H4. The highest BCUT2D eigenvalue weighted by molar-refractivity contribution is 5.91. The quantitative estimate of drug-likeness (QED) is 0.387. The van der Waals surface area contributed by atoms with Gasteiger partial charge < -0.3 is 18.9 Å². The van der Waals surface area contributed by atoms with Crippen molar-refractivity contribution in [2.24, 2.45) is 0 Å². The van der Waals surface area contributed by atoms with E-state index in [0.717, 1.165) is 0 Å². The van der Waals surface area contributed by atoms with E-state index in [4.69, 9.17) is 0 Å². The number of carbonyl (C=O) groups is 2. The molecule has 136 valence electrons. The van der Waals surface area contributed by atoms with Gasteiger partial charge in [-0.15, -0.1) is 0 Å². The van der Waals surface area contributed by atoms with Gasteiger partial charge in [0.05, 0.1) is 13.2 Å². The number of methoxy groups -OCH3 is 2. The fourth-order valence-electron chi connectivity index (χ4n) is 0.698. The van der Waals surface area contributed by atoms with Gasteiger partial charge in [0.1, 0.15) is 19.6 Å². The summed E-state index contributed by atoms with van der Waals surface area (Å²) in [5, 5.41) is 0. The van der Waals surface area contributed by atoms with Gasteiger partial charge in [-0.3, -0.25) is 9.59 Å². The van der Waals surface area contributed by atoms with Crippen molar-refractivity contribution in [3.05, 3.63) is 0 Å². The van der Waals surface area contributed by atoms with E-state index < -0.39 is 11.9 Å². The predicted molar refractivity (Wildman–Crippen MR) is 90.7 cm³/mol. The van der Waals surface area contributed by atoms with E-state index in [9.17, 15) is 9.59 Å². The third-order valence-electron chi connectivity index (χ3n) is 1.39. The Balaban J connectivity index is -0.0000000653. The maximum absolute atomic E-state index is 11.0. The van der Waals surface area contributed by atoms with Crippen LogP contribution in [0.5, 0.6) is 0 Å². The first-order valence-corrected chi connectivity index (χ1v) is 4.49. The summed E-state index contributed by atoms with van der Waals surface area (Å²) in [4.78, 5) is 21.9. The lowest BCUT2D eigenvalue weighted by molar-refractivity contribution is -0.155. The summed E-state index contributed by atoms with van der Waals surface area (Å²) in [7, 11) is 2.99. The van der Waals surface area contributed by atoms with Crippen molar-refractivity contribution in [3.8, 4) is 0 Å². The van der Waals surface area contributed by atoms with Gasteiger partial charge in [-0.1, -0.05) is 44.6 Å². The van der Waals surface area contributed by atoms with E-state index in [1.807, 2.05) is 0 Å². The normalized spacial score (nSPS) is 6.95. The summed E-state index contributed by atoms with van der Waals surface area (Å²) in [5.74, 6) is -1.23. The zero-order chi connectivity index (χ0) is 11.5. The van der Waals surface area contributed by atoms with Gasteiger partial charge in [0.2, 0.25) is 0 Å². The van der Waals surface area contributed by atoms with Crippen LogP contribution in [0.3, 0.4) is 0 Å². The molecule has 0 radical (unpaired) electrons. The van der Waals surface area contributed by atoms with Crippen LogP contribution in [0.1, 0.15) is 51.0 Å². The lowest BCUT2D eigenvalue weighted by Crippen LogP contribution is -2.17. The Morgan fingerprint density at radius 2 is 0.905 bits per heavy atom. The smallest absolute Gasteiger partial charge is 0.317 e. The molecule has 0 spiro atoms. The van der Waals surface area contributed by atoms with Crippen molar-refractivity contribution in [1.29, 1.82) is 0 Å². The zero-order valence-electron chi connectivity index (χ0n) is 8.99. The van der Waals surface area contributed by atoms with Gasteiger partial charge >= 0.3 is 11.9 Å². The molecule has 0 aliphatic carbocycles. The van der Waals surface area contributed by atoms with Crippen molar-refractivity contribution in [3.63, 3.8) is 0 Å². The minimum atomic E-state index is -0.616. The number of hydrogen-bond donors (Lipinski definition) is 0. The third kappa shape index (κ3) is 32.4. The van der Waals surface area contributed by atoms with E-state index in [-0.39, 0.29) is 64.2 Å². The van der Waals surface area contributed by atoms with Crippen LogP contribution in [0, 0.1) is 0 Å². The molecule has 0 amide bonds. The first-order valence-electron chi connectivity index (χ1n) is 4.49. The Hall–Kier alpha value is -1.14. The van der Waals surface area contributed by atoms with E-state index in [0.29, 0.717) is 13.2 Å². The summed E-state index contributed by atoms with van der Waals surface area (Å²) >= 11 is 0. The number of esters is 2. The van der Waals surface area contributed by atoms with E-state index >= 15 is 0 Å². The summed E-state index contributed by atoms with van der Waals surface area (Å²) < 4.78 is 18.7. The van der Waals surface area contributed by atoms with Crippen LogP contribution in [0.25, 0.3) is 0 Å². The molecule has 0 N–H and O–H groups in total. The third-order valence-corrected chi connectivity index (χ3v) is 1.39. The molecule has 0 aromatic carbocycles. The maximum Gasteiger partial charge on any atom is 0.317 e. The van der Waals surface area contributed by atoms with Gasteiger partial charge in [0, 0.05) is 14.2 Å². The van der Waals surface area contributed by atoms with Gasteiger partial charge in [-0.05, 0) is 0 Å². The number of ether oxygens (including phenoxy) is 4. The Kier molecular flexibility index (Phi) is 63.7. The van der Waals surface area contributed by atoms with E-state index in [2.05, 4.69) is 18.9 Å². The van der Waals surface area contributed by atoms with Crippen molar-refractivity contribution < 1.29 is 28.5 Å². The van der Waals surface area contributed by atoms with Gasteiger partial charge in [-0.2, -0.15) is 0 Å². The second-order valence-electron chi connectivity index (χ2n) is 2.60. The van der Waals surface area contributed by atoms with Crippen LogP contribution in [0.4, 0.5) is 0 Å². The van der Waals surface area contributed by atoms with Crippen molar-refractivity contribution in [1.82, 2.24) is 0 Å². The molecular weight excluding hydrogens is 276 g/mol. The molecule has 0 fully saturated rings. The second kappa shape index (κ2) is 31.3. The maximum atomic E-state index is 11.0. The number of hydrogen-bond acceptors (Lipinski definition) is 6. The molecule has 6 nitrogen and oxygen atoms in total. The summed E-state index contributed by atoms with van der Waals surface area (Å²) in [5.41, 5.74) is 0. The Morgan fingerprint density at radius 3 is 1.14 bits per heavy atom. The molecule has 0 saturated heterocycles. The predicted octanol–water partition coefficient (Wildman–Crippen LogP) is 3.57. The molecular formula is C15H40O6. The van der Waals surface area contributed by atoms with Crippen LogP contribution in [-0.2, 0) is 28.5 Å². The summed E-state index contributed by atoms with van der Waals surface area (Å²) in [6.45, 7) is 0.899. The molecule has 0 aliphatic rings. The van der Waals surface area contributed by atoms with Crippen molar-refractivity contribution >= 4 is 11.9 Å². The Bertz CT molecular complexity index is 175. The molecule has 0 aliphatic heterocycles. The molecule has 6 heteroatoms. The van der Waals surface area contributed by atoms with E-state index in [1.54, 1.807) is 0 Å². The monoisotopic (exact) mass is 316 g/mol. The number of carbonyl (C=O) groups excluding carboxylic acids is 2. The molecule has 0 heterocycles. The highest BCUT2D eigenvalue weighted by Gasteiger charge is 2.11. The van der Waals surface area contributed by atoms with Gasteiger partial charge in [0.15, 0.2) is 0 Å². The SMILES string of the molecule is C.C.C.C.C.C.COCCOC(=O)CC(=O)OCCOC. The molecule has 0 atom stereocenters. The summed E-state index contributed by atoms with van der Waals surface area (Å²) in [6, 6.07) is 0. The second-order valence-corrected chi connectivity index (χ2v) is 2.60. The molecule has 21 heavy (non-hydrogen) atoms. The van der Waals surface area contributed by atoms with E-state index in [1.165, 1.54) is 14.2 Å². The molecule has 0 rings (SSSR count). The highest BCUT2D eigenvalue weighted by Crippen LogP contribution is 1.91. The molecule has 0 saturated carbocycles. The van der Waals surface area contributed by atoms with Crippen LogP contribution in [0.15, 0.2) is 0 Å². The largest absolute Gasteiger partial charge is 0.463 e. The minimum absolute atomic E-state index is 0. The summed E-state index contributed by atoms with van der Waals surface area (Å²) in [6.07, 6.45) is -0.382. The average Bonchev–Trinajstić information content (AvgIpc) is 2.18.